The second kappa shape index (κ2) is 4.44. The van der Waals surface area contributed by atoms with Crippen LogP contribution in [0.25, 0.3) is 0 Å². The first-order chi connectivity index (χ1) is 7.65. The summed E-state index contributed by atoms with van der Waals surface area (Å²) in [4.78, 5) is 25.1. The highest BCUT2D eigenvalue weighted by atomic mass is 16.5. The maximum atomic E-state index is 11.7. The molecular weight excluding hydrogens is 206 g/mol. The second-order valence-electron chi connectivity index (χ2n) is 4.81. The van der Waals surface area contributed by atoms with Gasteiger partial charge < -0.3 is 9.64 Å². The van der Waals surface area contributed by atoms with Crippen LogP contribution in [-0.2, 0) is 14.3 Å². The topological polar surface area (TPSA) is 46.6 Å². The van der Waals surface area contributed by atoms with Crippen LogP contribution in [0.1, 0.15) is 39.0 Å². The number of carbonyl (C=O) groups is 2. The van der Waals surface area contributed by atoms with Crippen molar-refractivity contribution in [3.63, 3.8) is 0 Å². The number of methoxy groups -OCH3 is 1. The van der Waals surface area contributed by atoms with Gasteiger partial charge in [-0.1, -0.05) is 12.8 Å². The van der Waals surface area contributed by atoms with Crippen molar-refractivity contribution in [1.29, 1.82) is 0 Å². The van der Waals surface area contributed by atoms with Gasteiger partial charge in [-0.3, -0.25) is 4.79 Å². The lowest BCUT2D eigenvalue weighted by atomic mass is 9.85. The molecule has 0 bridgehead atoms. The van der Waals surface area contributed by atoms with Crippen molar-refractivity contribution in [3.05, 3.63) is 0 Å². The van der Waals surface area contributed by atoms with Gasteiger partial charge in [-0.2, -0.15) is 0 Å². The maximum Gasteiger partial charge on any atom is 0.328 e. The Labute approximate surface area is 95.9 Å². The zero-order chi connectivity index (χ0) is 11.7. The number of nitrogens with zero attached hydrogens (tertiary/aromatic N) is 1. The Balaban J connectivity index is 2.19. The zero-order valence-corrected chi connectivity index (χ0v) is 9.94. The summed E-state index contributed by atoms with van der Waals surface area (Å²) in [5, 5.41) is 0. The van der Waals surface area contributed by atoms with E-state index in [1.54, 1.807) is 11.8 Å². The molecule has 0 radical (unpaired) electrons. The van der Waals surface area contributed by atoms with Crippen LogP contribution in [0.3, 0.4) is 0 Å². The summed E-state index contributed by atoms with van der Waals surface area (Å²) in [6.45, 7) is 1.55. The molecule has 3 unspecified atom stereocenters. The summed E-state index contributed by atoms with van der Waals surface area (Å²) in [7, 11) is 1.39. The van der Waals surface area contributed by atoms with Crippen molar-refractivity contribution in [2.45, 2.75) is 51.1 Å². The van der Waals surface area contributed by atoms with Crippen LogP contribution in [-0.4, -0.2) is 36.0 Å². The first kappa shape index (κ1) is 11.4. The summed E-state index contributed by atoms with van der Waals surface area (Å²) in [6.07, 6.45) is 5.36. The van der Waals surface area contributed by atoms with E-state index in [1.165, 1.54) is 20.0 Å². The highest BCUT2D eigenvalue weighted by molar-refractivity contribution is 5.84. The summed E-state index contributed by atoms with van der Waals surface area (Å²) in [5.41, 5.74) is 0. The lowest BCUT2D eigenvalue weighted by molar-refractivity contribution is -0.151. The van der Waals surface area contributed by atoms with E-state index >= 15 is 0 Å². The van der Waals surface area contributed by atoms with Crippen LogP contribution in [0, 0.1) is 5.92 Å². The lowest BCUT2D eigenvalue weighted by Gasteiger charge is -2.32. The molecule has 0 aromatic heterocycles. The summed E-state index contributed by atoms with van der Waals surface area (Å²) < 4.78 is 4.79. The van der Waals surface area contributed by atoms with Crippen LogP contribution in [0.5, 0.6) is 0 Å². The van der Waals surface area contributed by atoms with Crippen LogP contribution < -0.4 is 0 Å². The lowest BCUT2D eigenvalue weighted by Crippen LogP contribution is -2.45. The molecule has 1 saturated heterocycles. The van der Waals surface area contributed by atoms with E-state index in [0.717, 1.165) is 19.3 Å². The van der Waals surface area contributed by atoms with Gasteiger partial charge in [-0.05, 0) is 25.2 Å². The third-order valence-electron chi connectivity index (χ3n) is 3.92. The Morgan fingerprint density at radius 3 is 2.56 bits per heavy atom. The minimum atomic E-state index is -0.337. The number of ether oxygens (including phenoxy) is 1. The fourth-order valence-corrected chi connectivity index (χ4v) is 3.26. The van der Waals surface area contributed by atoms with Gasteiger partial charge in [0, 0.05) is 13.0 Å². The highest BCUT2D eigenvalue weighted by Crippen LogP contribution is 2.39. The summed E-state index contributed by atoms with van der Waals surface area (Å²) in [6, 6.07) is -0.0639. The molecule has 3 atom stereocenters. The molecule has 1 amide bonds. The fourth-order valence-electron chi connectivity index (χ4n) is 3.26. The Bertz CT molecular complexity index is 303. The zero-order valence-electron chi connectivity index (χ0n) is 9.94. The van der Waals surface area contributed by atoms with Crippen molar-refractivity contribution < 1.29 is 14.3 Å². The minimum absolute atomic E-state index is 0.00444. The van der Waals surface area contributed by atoms with Crippen LogP contribution >= 0.6 is 0 Å². The Kier molecular flexibility index (Phi) is 3.17. The number of carbonyl (C=O) groups excluding carboxylic acids is 2. The number of rotatable bonds is 1. The van der Waals surface area contributed by atoms with E-state index in [0.29, 0.717) is 5.92 Å². The predicted octanol–water partition coefficient (Wildman–Crippen LogP) is 1.34. The summed E-state index contributed by atoms with van der Waals surface area (Å²) in [5.74, 6) is 0.246. The molecule has 16 heavy (non-hydrogen) atoms. The van der Waals surface area contributed by atoms with E-state index in [4.69, 9.17) is 4.74 Å². The number of esters is 1. The maximum absolute atomic E-state index is 11.7. The summed E-state index contributed by atoms with van der Waals surface area (Å²) >= 11 is 0. The Morgan fingerprint density at radius 1 is 1.25 bits per heavy atom. The molecule has 1 saturated carbocycles. The van der Waals surface area contributed by atoms with E-state index < -0.39 is 0 Å². The molecule has 2 fully saturated rings. The Hall–Kier alpha value is -1.06. The van der Waals surface area contributed by atoms with Crippen molar-refractivity contribution in [1.82, 2.24) is 4.90 Å². The van der Waals surface area contributed by atoms with Gasteiger partial charge in [-0.15, -0.1) is 0 Å². The molecule has 90 valence electrons. The second-order valence-corrected chi connectivity index (χ2v) is 4.81. The van der Waals surface area contributed by atoms with Crippen molar-refractivity contribution in [2.24, 2.45) is 5.92 Å². The SMILES string of the molecule is COC(=O)C1CC2CCCCC2N1C(C)=O. The first-order valence-corrected chi connectivity index (χ1v) is 6.02. The smallest absolute Gasteiger partial charge is 0.328 e. The molecule has 1 aliphatic heterocycles. The van der Waals surface area contributed by atoms with Crippen LogP contribution in [0.4, 0.5) is 0 Å². The van der Waals surface area contributed by atoms with Gasteiger partial charge in [0.05, 0.1) is 7.11 Å². The van der Waals surface area contributed by atoms with Crippen molar-refractivity contribution >= 4 is 11.9 Å². The van der Waals surface area contributed by atoms with Gasteiger partial charge in [0.2, 0.25) is 5.91 Å². The van der Waals surface area contributed by atoms with Crippen LogP contribution in [0.2, 0.25) is 0 Å². The van der Waals surface area contributed by atoms with Gasteiger partial charge in [0.25, 0.3) is 0 Å². The van der Waals surface area contributed by atoms with E-state index in [1.807, 2.05) is 0 Å². The largest absolute Gasteiger partial charge is 0.467 e. The predicted molar refractivity (Wildman–Crippen MR) is 58.7 cm³/mol. The first-order valence-electron chi connectivity index (χ1n) is 6.02. The number of fused-ring (bicyclic) bond motifs is 1. The standard InChI is InChI=1S/C12H19NO3/c1-8(14)13-10-6-4-3-5-9(10)7-11(13)12(15)16-2/h9-11H,3-7H2,1-2H3. The van der Waals surface area contributed by atoms with Gasteiger partial charge in [0.1, 0.15) is 6.04 Å². The van der Waals surface area contributed by atoms with E-state index in [9.17, 15) is 9.59 Å². The molecule has 1 heterocycles. The molecule has 0 aromatic rings. The van der Waals surface area contributed by atoms with Gasteiger partial charge in [0.15, 0.2) is 0 Å². The highest BCUT2D eigenvalue weighted by Gasteiger charge is 2.46. The van der Waals surface area contributed by atoms with Crippen molar-refractivity contribution in [2.75, 3.05) is 7.11 Å². The molecule has 4 heteroatoms. The van der Waals surface area contributed by atoms with Crippen LogP contribution in [0.15, 0.2) is 0 Å². The normalized spacial score (nSPS) is 33.4. The average Bonchev–Trinajstić information content (AvgIpc) is 2.67. The number of likely N-dealkylation sites (tertiary alicyclic amines) is 1. The Morgan fingerprint density at radius 2 is 1.94 bits per heavy atom. The minimum Gasteiger partial charge on any atom is -0.467 e. The number of hydrogen-bond acceptors (Lipinski definition) is 3. The molecule has 0 spiro atoms. The molecule has 4 nitrogen and oxygen atoms in total. The monoisotopic (exact) mass is 225 g/mol. The quantitative estimate of drug-likeness (QED) is 0.633. The molecule has 2 aliphatic rings. The number of amides is 1. The molecule has 2 rings (SSSR count). The fraction of sp³-hybridized carbons (Fsp3) is 0.833. The van der Waals surface area contributed by atoms with Crippen molar-refractivity contribution in [3.8, 4) is 0 Å². The average molecular weight is 225 g/mol. The van der Waals surface area contributed by atoms with E-state index in [2.05, 4.69) is 0 Å². The molecule has 0 aromatic carbocycles. The molecule has 0 N–H and O–H groups in total. The number of hydrogen-bond donors (Lipinski definition) is 0. The van der Waals surface area contributed by atoms with Gasteiger partial charge in [-0.25, -0.2) is 4.79 Å². The third-order valence-corrected chi connectivity index (χ3v) is 3.92. The molecule has 1 aliphatic carbocycles. The van der Waals surface area contributed by atoms with E-state index in [-0.39, 0.29) is 24.0 Å². The molecular formula is C12H19NO3. The third kappa shape index (κ3) is 1.81. The van der Waals surface area contributed by atoms with Gasteiger partial charge >= 0.3 is 5.97 Å².